The fourth-order valence-corrected chi connectivity index (χ4v) is 2.87. The lowest BCUT2D eigenvalue weighted by atomic mass is 10.2. The van der Waals surface area contributed by atoms with E-state index in [0.717, 1.165) is 12.3 Å². The van der Waals surface area contributed by atoms with Crippen LogP contribution in [0, 0.1) is 11.6 Å². The van der Waals surface area contributed by atoms with Gasteiger partial charge in [-0.25, -0.2) is 18.6 Å². The molecule has 1 aromatic carbocycles. The van der Waals surface area contributed by atoms with Gasteiger partial charge in [-0.3, -0.25) is 4.79 Å². The van der Waals surface area contributed by atoms with E-state index < -0.39 is 58.7 Å². The number of benzene rings is 1. The summed E-state index contributed by atoms with van der Waals surface area (Å²) >= 11 is 0. The summed E-state index contributed by atoms with van der Waals surface area (Å²) in [6.45, 7) is 0.100. The molecule has 0 aliphatic heterocycles. The van der Waals surface area contributed by atoms with E-state index in [1.54, 1.807) is 0 Å². The molecule has 9 nitrogen and oxygen atoms in total. The van der Waals surface area contributed by atoms with Crippen molar-refractivity contribution in [2.45, 2.75) is 6.18 Å². The van der Waals surface area contributed by atoms with Gasteiger partial charge in [0, 0.05) is 43.9 Å². The number of hydrogen-bond acceptors (Lipinski definition) is 5. The lowest BCUT2D eigenvalue weighted by Crippen LogP contribution is -2.39. The number of aromatic amines is 1. The number of anilines is 1. The normalized spacial score (nSPS) is 11.4. The highest BCUT2D eigenvalue weighted by molar-refractivity contribution is 5.92. The Bertz CT molecular complexity index is 1170. The highest BCUT2D eigenvalue weighted by Crippen LogP contribution is 2.40. The maximum Gasteiger partial charge on any atom is 0.418 e. The minimum absolute atomic E-state index is 0.188. The molecular formula is C20H18F5N5O4. The number of carbonyl (C=O) groups excluding carboxylic acids is 2. The van der Waals surface area contributed by atoms with Crippen molar-refractivity contribution in [2.75, 3.05) is 32.1 Å². The summed E-state index contributed by atoms with van der Waals surface area (Å²) < 4.78 is 78.8. The molecule has 4 N–H and O–H groups in total. The second kappa shape index (κ2) is 10.3. The molecule has 182 valence electrons. The number of alkyl halides is 3. The molecule has 2 aromatic heterocycles. The molecule has 0 spiro atoms. The van der Waals surface area contributed by atoms with Gasteiger partial charge in [0.05, 0.1) is 24.1 Å². The number of ether oxygens (including phenoxy) is 2. The Morgan fingerprint density at radius 1 is 1.15 bits per heavy atom. The van der Waals surface area contributed by atoms with E-state index in [2.05, 4.69) is 25.9 Å². The quantitative estimate of drug-likeness (QED) is 0.287. The van der Waals surface area contributed by atoms with Crippen molar-refractivity contribution in [3.05, 3.63) is 47.8 Å². The first-order valence-corrected chi connectivity index (χ1v) is 9.60. The Morgan fingerprint density at radius 3 is 2.50 bits per heavy atom. The number of nitrogens with one attached hydrogen (secondary N) is 4. The third kappa shape index (κ3) is 5.89. The van der Waals surface area contributed by atoms with Crippen molar-refractivity contribution in [3.8, 4) is 11.5 Å². The molecule has 0 bridgehead atoms. The average Bonchev–Trinajstić information content (AvgIpc) is 3.21. The summed E-state index contributed by atoms with van der Waals surface area (Å²) in [7, 11) is 1.45. The molecule has 0 saturated heterocycles. The Hall–Kier alpha value is -3.94. The molecular weight excluding hydrogens is 469 g/mol. The molecule has 2 heterocycles. The van der Waals surface area contributed by atoms with Gasteiger partial charge in [-0.05, 0) is 6.07 Å². The van der Waals surface area contributed by atoms with Crippen molar-refractivity contribution >= 4 is 28.7 Å². The molecule has 0 aliphatic rings. The van der Waals surface area contributed by atoms with Crippen molar-refractivity contribution < 1.29 is 41.0 Å². The monoisotopic (exact) mass is 487 g/mol. The third-order valence-corrected chi connectivity index (χ3v) is 4.35. The first-order chi connectivity index (χ1) is 16.1. The van der Waals surface area contributed by atoms with Crippen LogP contribution in [0.4, 0.5) is 32.4 Å². The summed E-state index contributed by atoms with van der Waals surface area (Å²) in [6.07, 6.45) is -2.99. The Balaban J connectivity index is 1.73. The zero-order valence-corrected chi connectivity index (χ0v) is 17.5. The van der Waals surface area contributed by atoms with Crippen LogP contribution in [-0.2, 0) is 15.7 Å². The molecule has 0 saturated carbocycles. The number of aromatic nitrogens is 2. The highest BCUT2D eigenvalue weighted by atomic mass is 19.4. The second-order valence-corrected chi connectivity index (χ2v) is 6.75. The first kappa shape index (κ1) is 24.7. The van der Waals surface area contributed by atoms with Crippen LogP contribution in [0.1, 0.15) is 5.56 Å². The third-order valence-electron chi connectivity index (χ3n) is 4.35. The lowest BCUT2D eigenvalue weighted by Gasteiger charge is -2.13. The van der Waals surface area contributed by atoms with Gasteiger partial charge in [0.15, 0.2) is 17.4 Å². The van der Waals surface area contributed by atoms with E-state index in [1.807, 2.05) is 0 Å². The molecule has 0 radical (unpaired) electrons. The molecule has 0 fully saturated rings. The van der Waals surface area contributed by atoms with Crippen molar-refractivity contribution in [2.24, 2.45) is 0 Å². The molecule has 0 aliphatic carbocycles. The fraction of sp³-hybridized carbons (Fsp3) is 0.250. The lowest BCUT2D eigenvalue weighted by molar-refractivity contribution is -0.136. The Morgan fingerprint density at radius 2 is 1.85 bits per heavy atom. The van der Waals surface area contributed by atoms with Crippen LogP contribution in [0.5, 0.6) is 11.5 Å². The van der Waals surface area contributed by atoms with Crippen LogP contribution in [0.25, 0.3) is 11.0 Å². The number of H-pyrrole nitrogens is 1. The van der Waals surface area contributed by atoms with Gasteiger partial charge in [-0.15, -0.1) is 0 Å². The minimum atomic E-state index is -4.77. The smallest absolute Gasteiger partial charge is 0.418 e. The number of fused-ring (bicyclic) bond motifs is 1. The summed E-state index contributed by atoms with van der Waals surface area (Å²) in [4.78, 5) is 29.5. The average molecular weight is 487 g/mol. The number of methoxy groups -OCH3 is 1. The first-order valence-electron chi connectivity index (χ1n) is 9.60. The van der Waals surface area contributed by atoms with E-state index in [4.69, 9.17) is 9.47 Å². The van der Waals surface area contributed by atoms with E-state index in [0.29, 0.717) is 18.3 Å². The van der Waals surface area contributed by atoms with Crippen LogP contribution in [0.15, 0.2) is 30.6 Å². The van der Waals surface area contributed by atoms with E-state index in [-0.39, 0.29) is 24.5 Å². The van der Waals surface area contributed by atoms with Crippen LogP contribution in [0.2, 0.25) is 0 Å². The predicted octanol–water partition coefficient (Wildman–Crippen LogP) is 3.54. The maximum absolute atomic E-state index is 14.5. The van der Waals surface area contributed by atoms with Gasteiger partial charge in [0.1, 0.15) is 11.4 Å². The zero-order valence-electron chi connectivity index (χ0n) is 17.5. The summed E-state index contributed by atoms with van der Waals surface area (Å²) in [6, 6.07) is 1.52. The topological polar surface area (TPSA) is 117 Å². The van der Waals surface area contributed by atoms with Gasteiger partial charge in [-0.1, -0.05) is 0 Å². The molecule has 0 atom stereocenters. The summed E-state index contributed by atoms with van der Waals surface area (Å²) in [5.74, 6) is -4.55. The molecule has 34 heavy (non-hydrogen) atoms. The van der Waals surface area contributed by atoms with Crippen molar-refractivity contribution in [1.82, 2.24) is 20.6 Å². The summed E-state index contributed by atoms with van der Waals surface area (Å²) in [5, 5.41) is 6.29. The Kier molecular flexibility index (Phi) is 7.50. The SMILES string of the molecule is COCCNC(=O)CNC(=O)Nc1cc(F)c(Oc2ccnc3[nH]cc(C(F)(F)F)c23)c(F)c1. The number of carbonyl (C=O) groups is 2. The number of hydrogen-bond donors (Lipinski definition) is 4. The predicted molar refractivity (Wildman–Crippen MR) is 109 cm³/mol. The van der Waals surface area contributed by atoms with E-state index in [1.165, 1.54) is 7.11 Å². The molecule has 3 amide bonds. The van der Waals surface area contributed by atoms with E-state index in [9.17, 15) is 31.5 Å². The van der Waals surface area contributed by atoms with Gasteiger partial charge >= 0.3 is 12.2 Å². The molecule has 3 rings (SSSR count). The largest absolute Gasteiger partial charge is 0.450 e. The summed E-state index contributed by atoms with van der Waals surface area (Å²) in [5.41, 5.74) is -1.63. The maximum atomic E-state index is 14.5. The van der Waals surface area contributed by atoms with Crippen LogP contribution in [-0.4, -0.2) is 48.7 Å². The van der Waals surface area contributed by atoms with Crippen molar-refractivity contribution in [3.63, 3.8) is 0 Å². The van der Waals surface area contributed by atoms with Gasteiger partial charge in [0.25, 0.3) is 0 Å². The molecule has 3 aromatic rings. The zero-order chi connectivity index (χ0) is 24.9. The fourth-order valence-electron chi connectivity index (χ4n) is 2.87. The number of halogens is 5. The Labute approximate surface area is 188 Å². The molecule has 14 heteroatoms. The molecule has 0 unspecified atom stereocenters. The van der Waals surface area contributed by atoms with Crippen LogP contribution < -0.4 is 20.7 Å². The second-order valence-electron chi connectivity index (χ2n) is 6.75. The number of pyridine rings is 1. The van der Waals surface area contributed by atoms with Crippen LogP contribution in [0.3, 0.4) is 0 Å². The standard InChI is InChI=1S/C20H18F5N5O4/c1-33-5-4-26-15(31)9-29-19(32)30-10-6-12(21)17(13(22)7-10)34-14-2-3-27-18-16(14)11(8-28-18)20(23,24)25/h2-3,6-8H,4-5,9H2,1H3,(H,26,31)(H,27,28)(H2,29,30,32). The van der Waals surface area contributed by atoms with Gasteiger partial charge < -0.3 is 30.4 Å². The van der Waals surface area contributed by atoms with Crippen LogP contribution >= 0.6 is 0 Å². The minimum Gasteiger partial charge on any atom is -0.450 e. The number of urea groups is 1. The highest BCUT2D eigenvalue weighted by Gasteiger charge is 2.35. The van der Waals surface area contributed by atoms with Gasteiger partial charge in [0.2, 0.25) is 5.91 Å². The van der Waals surface area contributed by atoms with Crippen molar-refractivity contribution in [1.29, 1.82) is 0 Å². The number of amides is 3. The number of rotatable bonds is 8. The van der Waals surface area contributed by atoms with Gasteiger partial charge in [-0.2, -0.15) is 13.2 Å². The van der Waals surface area contributed by atoms with E-state index >= 15 is 0 Å². The number of nitrogens with zero attached hydrogens (tertiary/aromatic N) is 1.